The third kappa shape index (κ3) is 4.12. The summed E-state index contributed by atoms with van der Waals surface area (Å²) in [6, 6.07) is 0. The van der Waals surface area contributed by atoms with Crippen molar-refractivity contribution < 1.29 is 0 Å². The lowest BCUT2D eigenvalue weighted by atomic mass is 9.86. The molecule has 0 saturated heterocycles. The molecule has 0 heterocycles. The second-order valence-electron chi connectivity index (χ2n) is 7.00. The summed E-state index contributed by atoms with van der Waals surface area (Å²) in [6.07, 6.45) is 33.5. The second kappa shape index (κ2) is 8.36. The molecule has 0 spiro atoms. The highest BCUT2D eigenvalue weighted by Gasteiger charge is 2.44. The molecule has 0 aromatic carbocycles. The Hall–Kier alpha value is -1.30. The summed E-state index contributed by atoms with van der Waals surface area (Å²) < 4.78 is 0. The Labute approximate surface area is 136 Å². The molecule has 0 aromatic heterocycles. The van der Waals surface area contributed by atoms with Gasteiger partial charge in [-0.05, 0) is 75.0 Å². The Bertz CT molecular complexity index is 423. The summed E-state index contributed by atoms with van der Waals surface area (Å²) in [5.74, 6) is 3.82. The molecule has 2 bridgehead atoms. The zero-order valence-corrected chi connectivity index (χ0v) is 13.7. The molecule has 4 aliphatic rings. The van der Waals surface area contributed by atoms with Crippen molar-refractivity contribution in [1.29, 1.82) is 0 Å². The van der Waals surface area contributed by atoms with Crippen LogP contribution in [0.5, 0.6) is 0 Å². The van der Waals surface area contributed by atoms with E-state index in [2.05, 4.69) is 60.8 Å². The summed E-state index contributed by atoms with van der Waals surface area (Å²) in [5.41, 5.74) is 0. The summed E-state index contributed by atoms with van der Waals surface area (Å²) in [7, 11) is 0. The van der Waals surface area contributed by atoms with E-state index < -0.39 is 0 Å². The smallest absolute Gasteiger partial charge is 0.0133 e. The monoisotopic (exact) mass is 294 g/mol. The van der Waals surface area contributed by atoms with Crippen molar-refractivity contribution >= 4 is 0 Å². The molecule has 0 aromatic rings. The first-order chi connectivity index (χ1) is 10.9. The van der Waals surface area contributed by atoms with Gasteiger partial charge >= 0.3 is 0 Å². The number of hydrogen-bond acceptors (Lipinski definition) is 0. The quantitative estimate of drug-likeness (QED) is 0.454. The van der Waals surface area contributed by atoms with Gasteiger partial charge in [0.1, 0.15) is 0 Å². The van der Waals surface area contributed by atoms with Crippen molar-refractivity contribution in [3.8, 4) is 0 Å². The van der Waals surface area contributed by atoms with Crippen LogP contribution in [0.4, 0.5) is 0 Å². The molecular weight excluding hydrogens is 264 g/mol. The van der Waals surface area contributed by atoms with Crippen molar-refractivity contribution in [3.05, 3.63) is 60.8 Å². The second-order valence-corrected chi connectivity index (χ2v) is 7.00. The van der Waals surface area contributed by atoms with E-state index >= 15 is 0 Å². The minimum absolute atomic E-state index is 0.925. The van der Waals surface area contributed by atoms with Crippen LogP contribution in [0.25, 0.3) is 0 Å². The molecule has 0 N–H and O–H groups in total. The highest BCUT2D eigenvalue weighted by Crippen LogP contribution is 2.52. The molecule has 22 heavy (non-hydrogen) atoms. The van der Waals surface area contributed by atoms with Gasteiger partial charge in [0, 0.05) is 0 Å². The molecule has 4 aliphatic carbocycles. The van der Waals surface area contributed by atoms with Gasteiger partial charge in [-0.1, -0.05) is 60.8 Å². The van der Waals surface area contributed by atoms with Crippen LogP contribution in [0.15, 0.2) is 60.8 Å². The third-order valence-corrected chi connectivity index (χ3v) is 5.46. The highest BCUT2D eigenvalue weighted by atomic mass is 14.5. The summed E-state index contributed by atoms with van der Waals surface area (Å²) in [5, 5.41) is 0. The third-order valence-electron chi connectivity index (χ3n) is 5.46. The van der Waals surface area contributed by atoms with E-state index in [0.29, 0.717) is 0 Å². The van der Waals surface area contributed by atoms with E-state index in [0.717, 1.165) is 23.7 Å². The predicted molar refractivity (Wildman–Crippen MR) is 96.6 cm³/mol. The van der Waals surface area contributed by atoms with Gasteiger partial charge in [0.15, 0.2) is 0 Å². The average molecular weight is 294 g/mol. The molecule has 0 amide bonds. The fraction of sp³-hybridized carbons (Fsp3) is 0.545. The van der Waals surface area contributed by atoms with E-state index in [1.807, 2.05) is 0 Å². The minimum Gasteiger partial charge on any atom is -0.0882 e. The van der Waals surface area contributed by atoms with Crippen LogP contribution in [-0.2, 0) is 0 Å². The maximum atomic E-state index is 2.44. The zero-order valence-electron chi connectivity index (χ0n) is 13.7. The Morgan fingerprint density at radius 3 is 1.50 bits per heavy atom. The van der Waals surface area contributed by atoms with Gasteiger partial charge in [-0.2, -0.15) is 0 Å². The van der Waals surface area contributed by atoms with Gasteiger partial charge in [0.05, 0.1) is 0 Å². The molecule has 0 heteroatoms. The topological polar surface area (TPSA) is 0 Å². The Morgan fingerprint density at radius 2 is 1.00 bits per heavy atom. The van der Waals surface area contributed by atoms with Crippen molar-refractivity contribution in [1.82, 2.24) is 0 Å². The maximum absolute atomic E-state index is 2.44. The Balaban J connectivity index is 0.000000132. The minimum atomic E-state index is 0.925. The van der Waals surface area contributed by atoms with Crippen LogP contribution in [-0.4, -0.2) is 0 Å². The van der Waals surface area contributed by atoms with Gasteiger partial charge in [-0.25, -0.2) is 0 Å². The normalized spacial score (nSPS) is 38.5. The first-order valence-corrected chi connectivity index (χ1v) is 9.25. The van der Waals surface area contributed by atoms with Gasteiger partial charge in [0.25, 0.3) is 0 Å². The molecule has 0 aliphatic heterocycles. The SMILES string of the molecule is C1=CC2C3C=CC(C3)C2C1.C1=CCC/C=C/CC/C=C/CC1. The number of rotatable bonds is 0. The van der Waals surface area contributed by atoms with E-state index in [1.165, 1.54) is 51.4 Å². The van der Waals surface area contributed by atoms with Crippen molar-refractivity contribution in [2.75, 3.05) is 0 Å². The Morgan fingerprint density at radius 1 is 0.500 bits per heavy atom. The molecule has 0 radical (unpaired) electrons. The van der Waals surface area contributed by atoms with Gasteiger partial charge in [0.2, 0.25) is 0 Å². The standard InChI is InChI=1S/C12H18.C10H12/c1-2-4-6-8-10-12-11-9-7-5-3-1;1-2-9-7-4-5-8(6-7)10(9)3-1/h1-2,7-10H,3-6,11-12H2;1-2,4-5,7-10H,3,6H2/b2-1+,9-7+,10-8?;. The zero-order chi connectivity index (χ0) is 15.0. The number of hydrogen-bond donors (Lipinski definition) is 0. The lowest BCUT2D eigenvalue weighted by Crippen LogP contribution is -2.12. The van der Waals surface area contributed by atoms with Gasteiger partial charge in [-0.15, -0.1) is 0 Å². The van der Waals surface area contributed by atoms with Crippen LogP contribution in [0, 0.1) is 23.7 Å². The van der Waals surface area contributed by atoms with E-state index in [9.17, 15) is 0 Å². The van der Waals surface area contributed by atoms with Crippen LogP contribution in [0.1, 0.15) is 51.4 Å². The fourth-order valence-corrected chi connectivity index (χ4v) is 4.26. The van der Waals surface area contributed by atoms with Crippen LogP contribution >= 0.6 is 0 Å². The number of fused-ring (bicyclic) bond motifs is 5. The first-order valence-electron chi connectivity index (χ1n) is 9.25. The maximum Gasteiger partial charge on any atom is -0.0133 e. The molecule has 0 nitrogen and oxygen atoms in total. The predicted octanol–water partition coefficient (Wildman–Crippen LogP) is 6.39. The molecule has 1 saturated carbocycles. The molecule has 4 rings (SSSR count). The highest BCUT2D eigenvalue weighted by molar-refractivity contribution is 5.21. The molecule has 4 unspecified atom stereocenters. The van der Waals surface area contributed by atoms with Crippen molar-refractivity contribution in [2.24, 2.45) is 23.7 Å². The van der Waals surface area contributed by atoms with E-state index in [4.69, 9.17) is 0 Å². The molecular formula is C22H30. The summed E-state index contributed by atoms with van der Waals surface area (Å²) in [4.78, 5) is 0. The van der Waals surface area contributed by atoms with Gasteiger partial charge < -0.3 is 0 Å². The van der Waals surface area contributed by atoms with Crippen molar-refractivity contribution in [3.63, 3.8) is 0 Å². The summed E-state index contributed by atoms with van der Waals surface area (Å²) >= 11 is 0. The molecule has 1 fully saturated rings. The van der Waals surface area contributed by atoms with Crippen LogP contribution in [0.3, 0.4) is 0 Å². The Kier molecular flexibility index (Phi) is 5.93. The van der Waals surface area contributed by atoms with Gasteiger partial charge in [-0.3, -0.25) is 0 Å². The van der Waals surface area contributed by atoms with Crippen LogP contribution in [0.2, 0.25) is 0 Å². The lowest BCUT2D eigenvalue weighted by molar-refractivity contribution is 0.398. The molecule has 4 atom stereocenters. The van der Waals surface area contributed by atoms with Crippen molar-refractivity contribution in [2.45, 2.75) is 51.4 Å². The number of allylic oxidation sites excluding steroid dienone is 10. The largest absolute Gasteiger partial charge is 0.0882 e. The fourth-order valence-electron chi connectivity index (χ4n) is 4.26. The van der Waals surface area contributed by atoms with E-state index in [1.54, 1.807) is 0 Å². The average Bonchev–Trinajstić information content (AvgIpc) is 3.23. The van der Waals surface area contributed by atoms with Crippen LogP contribution < -0.4 is 0 Å². The summed E-state index contributed by atoms with van der Waals surface area (Å²) in [6.45, 7) is 0. The van der Waals surface area contributed by atoms with E-state index in [-0.39, 0.29) is 0 Å². The molecule has 118 valence electrons. The first kappa shape index (κ1) is 15.6. The lowest BCUT2D eigenvalue weighted by Gasteiger charge is -2.18.